The fraction of sp³-hybridized carbons (Fsp3) is 0. The van der Waals surface area contributed by atoms with Crippen LogP contribution in [0.2, 0.25) is 0 Å². The van der Waals surface area contributed by atoms with Crippen LogP contribution in [0.5, 0.6) is 0 Å². The van der Waals surface area contributed by atoms with E-state index in [0.717, 1.165) is 105 Å². The Morgan fingerprint density at radius 2 is 0.379 bits per heavy atom. The van der Waals surface area contributed by atoms with Crippen molar-refractivity contribution in [2.45, 2.75) is 0 Å². The van der Waals surface area contributed by atoms with Gasteiger partial charge in [-0.2, -0.15) is 29.9 Å². The third-order valence-corrected chi connectivity index (χ3v) is 28.6. The van der Waals surface area contributed by atoms with Gasteiger partial charge in [-0.05, 0) is 133 Å². The second-order valence-electron chi connectivity index (χ2n) is 36.9. The summed E-state index contributed by atoms with van der Waals surface area (Å²) in [5.41, 5.74) is 16.8. The van der Waals surface area contributed by atoms with Gasteiger partial charge >= 0.3 is 0 Å². The van der Waals surface area contributed by atoms with Crippen molar-refractivity contribution in [3.63, 3.8) is 0 Å². The van der Waals surface area contributed by atoms with Crippen molar-refractivity contribution in [1.82, 2.24) is 58.6 Å². The summed E-state index contributed by atoms with van der Waals surface area (Å²) in [7, 11) is 0. The Morgan fingerprint density at radius 3 is 0.821 bits per heavy atom. The predicted octanol–water partition coefficient (Wildman–Crippen LogP) is 33.8. The van der Waals surface area contributed by atoms with E-state index in [2.05, 4.69) is 444 Å². The molecule has 0 bridgehead atoms. The van der Waals surface area contributed by atoms with Crippen LogP contribution in [0, 0.1) is 0 Å². The van der Waals surface area contributed by atoms with Gasteiger partial charge in [0.15, 0.2) is 34.9 Å². The van der Waals surface area contributed by atoms with E-state index in [9.17, 15) is 0 Å². The maximum absolute atomic E-state index is 5.31. The number of hydrogen-bond donors (Lipinski definition) is 0. The lowest BCUT2D eigenvalue weighted by Crippen LogP contribution is -2.07. The highest BCUT2D eigenvalue weighted by Gasteiger charge is 2.29. The smallest absolute Gasteiger partial charge is 0.238 e. The van der Waals surface area contributed by atoms with Gasteiger partial charge in [-0.1, -0.05) is 473 Å². The zero-order valence-electron chi connectivity index (χ0n) is 78.2. The fourth-order valence-corrected chi connectivity index (χ4v) is 22.0. The maximum Gasteiger partial charge on any atom is 0.238 e. The molecule has 0 aliphatic rings. The van der Waals surface area contributed by atoms with Crippen molar-refractivity contribution in [1.29, 1.82) is 0 Å². The summed E-state index contributed by atoms with van der Waals surface area (Å²) in [6, 6.07) is 175. The van der Waals surface area contributed by atoms with Crippen molar-refractivity contribution in [2.75, 3.05) is 0 Å². The van der Waals surface area contributed by atoms with Crippen LogP contribution in [0.1, 0.15) is 0 Å². The Balaban J connectivity index is 0.000000106. The zero-order valence-corrected chi connectivity index (χ0v) is 78.2. The lowest BCUT2D eigenvalue weighted by Gasteiger charge is -2.14. The molecule has 145 heavy (non-hydrogen) atoms. The van der Waals surface area contributed by atoms with E-state index < -0.39 is 0 Å². The second-order valence-corrected chi connectivity index (χ2v) is 36.9. The van der Waals surface area contributed by atoms with Gasteiger partial charge in [0, 0.05) is 87.2 Å². The minimum Gasteiger partial charge on any atom is -0.277 e. The van der Waals surface area contributed by atoms with E-state index in [1.807, 2.05) is 66.7 Å². The molecule has 0 atom stereocenters. The summed E-state index contributed by atoms with van der Waals surface area (Å²) >= 11 is 0. The molecular weight excluding hydrogens is 1770 g/mol. The lowest BCUT2D eigenvalue weighted by molar-refractivity contribution is 0.955. The van der Waals surface area contributed by atoms with Crippen LogP contribution >= 0.6 is 0 Å². The van der Waals surface area contributed by atoms with Gasteiger partial charge in [-0.25, -0.2) is 15.0 Å². The van der Waals surface area contributed by atoms with Crippen LogP contribution in [-0.4, -0.2) is 58.6 Å². The Labute approximate surface area is 831 Å². The molecule has 30 aromatic rings. The Kier molecular flexibility index (Phi) is 20.0. The second kappa shape index (κ2) is 34.7. The number of rotatable bonds is 11. The molecule has 0 aliphatic carbocycles. The monoisotopic (exact) mass is 1850 g/mol. The molecule has 0 amide bonds. The Bertz CT molecular complexity index is 10400. The molecule has 6 heterocycles. The number of aromatic nitrogens is 12. The summed E-state index contributed by atoms with van der Waals surface area (Å²) in [5.74, 6) is 5.58. The molecule has 6 aromatic heterocycles. The van der Waals surface area contributed by atoms with E-state index >= 15 is 0 Å². The first-order valence-electron chi connectivity index (χ1n) is 49.0. The molecule has 0 N–H and O–H groups in total. The van der Waals surface area contributed by atoms with Crippen molar-refractivity contribution < 1.29 is 0 Å². The normalized spacial score (nSPS) is 11.7. The number of fused-ring (bicyclic) bond motifs is 30. The maximum atomic E-state index is 5.31. The average Bonchev–Trinajstić information content (AvgIpc) is 1.55. The standard InChI is InChI=1S/2C45H28N4.C43H26N4/c1-3-13-29(14-4-1)30-23-25-33(26-24-30)44-46-43(32-16-5-2-6-17-32)47-45(48-44)49-41-34-18-8-7-15-31(34)27-28-39(41)40-37-21-11-9-19-35(37)36-20-10-12-22-38(36)42(40)49;1-3-13-29(14-4-1)30-23-25-32(26-24-30)44-46-43(31-15-5-2-6-16-31)47-45(48-44)49-40-28-34-18-8-7-17-33(34)27-39(40)41-37-21-11-9-19-35(37)36-20-10-12-22-38(36)42(41)49;1-2-14-29(15-3-1)41-44-42(31-23-22-27-12-4-5-16-30(27)26-31)46-43(45-41)47-37-25-24-28-13-6-7-17-32(28)38(37)39-35-20-10-8-18-33(35)34-19-9-11-21-36(34)40(39)47/h2*1-28H;1-26H. The molecule has 0 unspecified atom stereocenters. The van der Waals surface area contributed by atoms with E-state index in [4.69, 9.17) is 44.9 Å². The van der Waals surface area contributed by atoms with Crippen LogP contribution in [0.4, 0.5) is 0 Å². The van der Waals surface area contributed by atoms with E-state index in [1.54, 1.807) is 0 Å². The largest absolute Gasteiger partial charge is 0.277 e. The van der Waals surface area contributed by atoms with E-state index in [-0.39, 0.29) is 0 Å². The first-order chi connectivity index (χ1) is 71.9. The molecule has 12 heteroatoms. The molecule has 0 saturated heterocycles. The third-order valence-electron chi connectivity index (χ3n) is 28.6. The van der Waals surface area contributed by atoms with Crippen molar-refractivity contribution in [3.8, 4) is 108 Å². The third kappa shape index (κ3) is 14.2. The highest BCUT2D eigenvalue weighted by atomic mass is 15.2. The quantitative estimate of drug-likeness (QED) is 0.116. The first-order valence-corrected chi connectivity index (χ1v) is 49.0. The molecule has 0 radical (unpaired) electrons. The van der Waals surface area contributed by atoms with Gasteiger partial charge < -0.3 is 0 Å². The number of nitrogens with zero attached hydrogens (tertiary/aromatic N) is 12. The SMILES string of the molecule is c1ccc(-c2ccc(-c3nc(-c4ccccc4)nc(-n4c5c6ccccc6ccc5c5c6ccccc6c6ccccc6c54)n3)cc2)cc1.c1ccc(-c2ccc(-c3nc(-c4ccccc4)nc(-n4c5cc6ccccc6cc5c5c6ccccc6c6ccccc6c54)n3)cc2)cc1.c1ccc(-c2nc(-c3ccc4ccccc4c3)nc(-n3c4ccc5ccccc5c4c4c5ccccc5c5ccccc5c43)n2)cc1. The van der Waals surface area contributed by atoms with Gasteiger partial charge in [0.25, 0.3) is 0 Å². The highest BCUT2D eigenvalue weighted by Crippen LogP contribution is 2.50. The number of benzene rings is 24. The van der Waals surface area contributed by atoms with E-state index in [1.165, 1.54) is 124 Å². The topological polar surface area (TPSA) is 131 Å². The van der Waals surface area contributed by atoms with Gasteiger partial charge in [-0.15, -0.1) is 0 Å². The summed E-state index contributed by atoms with van der Waals surface area (Å²) in [6.45, 7) is 0. The first kappa shape index (κ1) is 83.5. The van der Waals surface area contributed by atoms with Crippen molar-refractivity contribution in [2.24, 2.45) is 0 Å². The van der Waals surface area contributed by atoms with Gasteiger partial charge in [0.05, 0.1) is 33.1 Å². The molecule has 0 saturated carbocycles. The van der Waals surface area contributed by atoms with Crippen LogP contribution < -0.4 is 0 Å². The van der Waals surface area contributed by atoms with Gasteiger partial charge in [0.2, 0.25) is 17.8 Å². The Hall–Kier alpha value is -19.7. The van der Waals surface area contributed by atoms with Gasteiger partial charge in [0.1, 0.15) is 0 Å². The van der Waals surface area contributed by atoms with Crippen LogP contribution in [0.15, 0.2) is 497 Å². The summed E-state index contributed by atoms with van der Waals surface area (Å²) < 4.78 is 6.82. The minimum absolute atomic E-state index is 0.590. The van der Waals surface area contributed by atoms with Gasteiger partial charge in [-0.3, -0.25) is 13.7 Å². The Morgan fingerprint density at radius 1 is 0.117 bits per heavy atom. The molecule has 0 fully saturated rings. The molecule has 12 nitrogen and oxygen atoms in total. The molecular formula is C133H82N12. The van der Waals surface area contributed by atoms with Crippen molar-refractivity contribution >= 4 is 173 Å². The van der Waals surface area contributed by atoms with Crippen LogP contribution in [-0.2, 0) is 0 Å². The summed E-state index contributed by atoms with van der Waals surface area (Å²) in [4.78, 5) is 46.9. The lowest BCUT2D eigenvalue weighted by atomic mass is 9.95. The molecule has 674 valence electrons. The van der Waals surface area contributed by atoms with E-state index in [0.29, 0.717) is 52.8 Å². The highest BCUT2D eigenvalue weighted by molar-refractivity contribution is 6.38. The summed E-state index contributed by atoms with van der Waals surface area (Å²) in [6.07, 6.45) is 0. The predicted molar refractivity (Wildman–Crippen MR) is 601 cm³/mol. The van der Waals surface area contributed by atoms with Crippen LogP contribution in [0.25, 0.3) is 282 Å². The fourth-order valence-electron chi connectivity index (χ4n) is 22.0. The summed E-state index contributed by atoms with van der Waals surface area (Å²) in [5, 5.41) is 31.0. The molecule has 0 aliphatic heterocycles. The molecule has 24 aromatic carbocycles. The number of hydrogen-bond acceptors (Lipinski definition) is 9. The average molecular weight is 1850 g/mol. The molecule has 30 rings (SSSR count). The zero-order chi connectivity index (χ0) is 95.5. The van der Waals surface area contributed by atoms with Crippen LogP contribution in [0.3, 0.4) is 0 Å². The van der Waals surface area contributed by atoms with Crippen molar-refractivity contribution in [3.05, 3.63) is 497 Å². The molecule has 0 spiro atoms. The minimum atomic E-state index is 0.590.